The van der Waals surface area contributed by atoms with E-state index >= 15 is 0 Å². The molecule has 0 bridgehead atoms. The summed E-state index contributed by atoms with van der Waals surface area (Å²) in [5.74, 6) is 9.41. The van der Waals surface area contributed by atoms with E-state index in [1.165, 1.54) is 0 Å². The Hall–Kier alpha value is -3.18. The van der Waals surface area contributed by atoms with Gasteiger partial charge in [-0.05, 0) is 18.6 Å². The molecule has 0 fully saturated rings. The predicted octanol–water partition coefficient (Wildman–Crippen LogP) is -0.382. The molecule has 3 amide bonds. The van der Waals surface area contributed by atoms with Crippen LogP contribution in [0.3, 0.4) is 0 Å². The van der Waals surface area contributed by atoms with Gasteiger partial charge >= 0.3 is 0 Å². The predicted molar refractivity (Wildman–Crippen MR) is 107 cm³/mol. The molecule has 8 N–H and O–H groups in total. The van der Waals surface area contributed by atoms with Crippen LogP contribution in [0.5, 0.6) is 0 Å². The van der Waals surface area contributed by atoms with E-state index in [0.29, 0.717) is 22.6 Å². The third-order valence-corrected chi connectivity index (χ3v) is 4.23. The number of nitrogens with two attached hydrogens (primary N) is 2. The van der Waals surface area contributed by atoms with Gasteiger partial charge < -0.3 is 21.9 Å². The van der Waals surface area contributed by atoms with Crippen LogP contribution in [0.4, 0.5) is 0 Å². The zero-order valence-corrected chi connectivity index (χ0v) is 16.4. The van der Waals surface area contributed by atoms with Gasteiger partial charge in [0.15, 0.2) is 5.84 Å². The van der Waals surface area contributed by atoms with Gasteiger partial charge in [0.1, 0.15) is 0 Å². The Morgan fingerprint density at radius 3 is 2.62 bits per heavy atom. The SMILES string of the molecule is CCCCCC(CN(O)C=O)C(=O)NCNC(=O)c1cccc(/C(=N/N)NN)c1. The van der Waals surface area contributed by atoms with Gasteiger partial charge in [-0.3, -0.25) is 19.6 Å². The second-order valence-electron chi connectivity index (χ2n) is 6.35. The number of hydrogen-bond acceptors (Lipinski definition) is 7. The zero-order chi connectivity index (χ0) is 21.6. The molecule has 1 aromatic rings. The Morgan fingerprint density at radius 1 is 1.28 bits per heavy atom. The van der Waals surface area contributed by atoms with E-state index in [0.717, 1.165) is 19.3 Å². The number of rotatable bonds is 12. The highest BCUT2D eigenvalue weighted by molar-refractivity contribution is 6.01. The molecule has 0 aliphatic rings. The summed E-state index contributed by atoms with van der Waals surface area (Å²) in [6.45, 7) is 1.82. The summed E-state index contributed by atoms with van der Waals surface area (Å²) in [7, 11) is 0. The number of nitrogens with zero attached hydrogens (tertiary/aromatic N) is 2. The molecule has 0 saturated carbocycles. The lowest BCUT2D eigenvalue weighted by Crippen LogP contribution is -2.43. The number of carbonyl (C=O) groups is 3. The third kappa shape index (κ3) is 8.15. The van der Waals surface area contributed by atoms with Crippen LogP contribution in [0.1, 0.15) is 48.5 Å². The highest BCUT2D eigenvalue weighted by Gasteiger charge is 2.20. The molecule has 0 aliphatic heterocycles. The number of amidine groups is 1. The van der Waals surface area contributed by atoms with Gasteiger partial charge in [-0.15, -0.1) is 0 Å². The molecule has 0 aliphatic carbocycles. The second kappa shape index (κ2) is 13.1. The van der Waals surface area contributed by atoms with Crippen LogP contribution >= 0.6 is 0 Å². The molecular weight excluding hydrogens is 378 g/mol. The average molecular weight is 407 g/mol. The van der Waals surface area contributed by atoms with Crippen molar-refractivity contribution in [1.82, 2.24) is 21.1 Å². The maximum atomic E-state index is 12.4. The van der Waals surface area contributed by atoms with E-state index in [1.807, 2.05) is 6.92 Å². The first kappa shape index (κ1) is 23.9. The molecule has 29 heavy (non-hydrogen) atoms. The van der Waals surface area contributed by atoms with Crippen molar-refractivity contribution in [1.29, 1.82) is 0 Å². The number of hydrogen-bond donors (Lipinski definition) is 6. The number of hydrazine groups is 1. The maximum Gasteiger partial charge on any atom is 0.252 e. The van der Waals surface area contributed by atoms with Crippen molar-refractivity contribution in [3.8, 4) is 0 Å². The first-order valence-electron chi connectivity index (χ1n) is 9.28. The molecule has 0 radical (unpaired) electrons. The van der Waals surface area contributed by atoms with Crippen LogP contribution in [-0.2, 0) is 9.59 Å². The van der Waals surface area contributed by atoms with Gasteiger partial charge in [0.05, 0.1) is 19.1 Å². The summed E-state index contributed by atoms with van der Waals surface area (Å²) in [5.41, 5.74) is 3.19. The molecule has 1 aromatic carbocycles. The standard InChI is InChI=1S/C18H29N7O4/c1-2-3-4-6-15(10-25(29)12-26)18(28)22-11-21-17(27)14-8-5-7-13(9-14)16(23-19)24-20/h5,7-9,12,15,29H,2-4,6,10-11,19-20H2,1H3,(H,21,27)(H,22,28)(H,23,24). The first-order valence-corrected chi connectivity index (χ1v) is 9.28. The van der Waals surface area contributed by atoms with E-state index in [2.05, 4.69) is 21.2 Å². The van der Waals surface area contributed by atoms with E-state index in [9.17, 15) is 19.6 Å². The minimum Gasteiger partial charge on any atom is -0.338 e. The number of hydroxylamine groups is 2. The van der Waals surface area contributed by atoms with Crippen molar-refractivity contribution in [2.75, 3.05) is 13.2 Å². The number of hydrazone groups is 1. The third-order valence-electron chi connectivity index (χ3n) is 4.23. The minimum atomic E-state index is -0.573. The summed E-state index contributed by atoms with van der Waals surface area (Å²) >= 11 is 0. The molecule has 1 atom stereocenters. The number of amides is 3. The zero-order valence-electron chi connectivity index (χ0n) is 16.4. The minimum absolute atomic E-state index is 0.105. The lowest BCUT2D eigenvalue weighted by molar-refractivity contribution is -0.154. The molecular formula is C18H29N7O4. The highest BCUT2D eigenvalue weighted by atomic mass is 16.5. The molecule has 160 valence electrons. The maximum absolute atomic E-state index is 12.4. The topological polar surface area (TPSA) is 175 Å². The molecule has 0 spiro atoms. The normalized spacial score (nSPS) is 12.0. The molecule has 1 unspecified atom stereocenters. The van der Waals surface area contributed by atoms with Gasteiger partial charge in [0.25, 0.3) is 5.91 Å². The Labute approximate surface area is 169 Å². The average Bonchev–Trinajstić information content (AvgIpc) is 2.73. The van der Waals surface area contributed by atoms with Gasteiger partial charge in [0.2, 0.25) is 12.3 Å². The molecule has 0 heterocycles. The summed E-state index contributed by atoms with van der Waals surface area (Å²) in [6.07, 6.45) is 3.49. The Morgan fingerprint density at radius 2 is 2.00 bits per heavy atom. The number of nitrogens with one attached hydrogen (secondary N) is 3. The fourth-order valence-electron chi connectivity index (χ4n) is 2.68. The summed E-state index contributed by atoms with van der Waals surface area (Å²) in [4.78, 5) is 35.3. The smallest absolute Gasteiger partial charge is 0.252 e. The summed E-state index contributed by atoms with van der Waals surface area (Å²) in [5, 5.41) is 18.5. The van der Waals surface area contributed by atoms with E-state index in [1.54, 1.807) is 24.3 Å². The first-order chi connectivity index (χ1) is 14.0. The lowest BCUT2D eigenvalue weighted by Gasteiger charge is -2.19. The number of carbonyl (C=O) groups excluding carboxylic acids is 3. The van der Waals surface area contributed by atoms with Gasteiger partial charge in [-0.25, -0.2) is 10.9 Å². The second-order valence-corrected chi connectivity index (χ2v) is 6.35. The van der Waals surface area contributed by atoms with Gasteiger partial charge in [-0.2, -0.15) is 5.10 Å². The van der Waals surface area contributed by atoms with Crippen molar-refractivity contribution in [2.45, 2.75) is 32.6 Å². The van der Waals surface area contributed by atoms with Crippen molar-refractivity contribution in [2.24, 2.45) is 22.7 Å². The Bertz CT molecular complexity index is 711. The molecule has 11 heteroatoms. The Kier molecular flexibility index (Phi) is 10.8. The molecule has 11 nitrogen and oxygen atoms in total. The summed E-state index contributed by atoms with van der Waals surface area (Å²) < 4.78 is 0. The van der Waals surface area contributed by atoms with Crippen molar-refractivity contribution in [3.63, 3.8) is 0 Å². The fourth-order valence-corrected chi connectivity index (χ4v) is 2.68. The van der Waals surface area contributed by atoms with Crippen LogP contribution in [0.2, 0.25) is 0 Å². The Balaban J connectivity index is 2.63. The van der Waals surface area contributed by atoms with Crippen LogP contribution in [0, 0.1) is 5.92 Å². The van der Waals surface area contributed by atoms with E-state index in [-0.39, 0.29) is 31.4 Å². The van der Waals surface area contributed by atoms with Crippen molar-refractivity contribution < 1.29 is 19.6 Å². The van der Waals surface area contributed by atoms with Crippen LogP contribution in [0.25, 0.3) is 0 Å². The quantitative estimate of drug-likeness (QED) is 0.0400. The van der Waals surface area contributed by atoms with Crippen LogP contribution in [0.15, 0.2) is 29.4 Å². The van der Waals surface area contributed by atoms with Crippen LogP contribution in [-0.4, -0.2) is 47.5 Å². The largest absolute Gasteiger partial charge is 0.338 e. The highest BCUT2D eigenvalue weighted by Crippen LogP contribution is 2.11. The number of benzene rings is 1. The lowest BCUT2D eigenvalue weighted by atomic mass is 10.0. The molecule has 0 saturated heterocycles. The van der Waals surface area contributed by atoms with E-state index in [4.69, 9.17) is 11.7 Å². The fraction of sp³-hybridized carbons (Fsp3) is 0.444. The van der Waals surface area contributed by atoms with Gasteiger partial charge in [-0.1, -0.05) is 38.3 Å². The molecule has 0 aromatic heterocycles. The van der Waals surface area contributed by atoms with Crippen molar-refractivity contribution >= 4 is 24.1 Å². The monoisotopic (exact) mass is 407 g/mol. The van der Waals surface area contributed by atoms with Crippen LogP contribution < -0.4 is 27.7 Å². The number of unbranched alkanes of at least 4 members (excludes halogenated alkanes) is 2. The van der Waals surface area contributed by atoms with Crippen molar-refractivity contribution in [3.05, 3.63) is 35.4 Å². The van der Waals surface area contributed by atoms with Gasteiger partial charge in [0, 0.05) is 11.1 Å². The molecule has 1 rings (SSSR count). The summed E-state index contributed by atoms with van der Waals surface area (Å²) in [6, 6.07) is 6.46. The van der Waals surface area contributed by atoms with E-state index < -0.39 is 11.8 Å².